The molecule has 4 saturated carbocycles. The van der Waals surface area contributed by atoms with Gasteiger partial charge in [0.25, 0.3) is 0 Å². The quantitative estimate of drug-likeness (QED) is 0.726. The number of aliphatic hydroxyl groups excluding tert-OH is 1. The number of carbonyl (C=O) groups is 1. The van der Waals surface area contributed by atoms with Crippen molar-refractivity contribution < 1.29 is 14.6 Å². The lowest BCUT2D eigenvalue weighted by molar-refractivity contribution is -0.185. The van der Waals surface area contributed by atoms with E-state index in [9.17, 15) is 9.90 Å². The van der Waals surface area contributed by atoms with Gasteiger partial charge in [-0.3, -0.25) is 4.79 Å². The van der Waals surface area contributed by atoms with Gasteiger partial charge in [0.15, 0.2) is 0 Å². The maximum atomic E-state index is 12.6. The van der Waals surface area contributed by atoms with Crippen LogP contribution in [0.2, 0.25) is 0 Å². The summed E-state index contributed by atoms with van der Waals surface area (Å²) >= 11 is 0. The van der Waals surface area contributed by atoms with Crippen LogP contribution in [-0.4, -0.2) is 24.3 Å². The van der Waals surface area contributed by atoms with Gasteiger partial charge < -0.3 is 9.84 Å². The molecule has 3 heteroatoms. The molecule has 4 aliphatic rings. The summed E-state index contributed by atoms with van der Waals surface area (Å²) in [5.41, 5.74) is 0.373. The zero-order chi connectivity index (χ0) is 17.4. The molecule has 7 atom stereocenters. The molecule has 3 nitrogen and oxygen atoms in total. The van der Waals surface area contributed by atoms with E-state index in [1.54, 1.807) is 7.11 Å². The Balaban J connectivity index is 1.72. The fourth-order valence-electron chi connectivity index (χ4n) is 8.21. The SMILES string of the molecule is COC(=O)[C@@]1(C)CCC[C@]2(C)C3CC[C@@]4(C)C[C@]3(CC[C@@H]12)C[C@@H]4O. The van der Waals surface area contributed by atoms with Crippen LogP contribution in [-0.2, 0) is 9.53 Å². The highest BCUT2D eigenvalue weighted by Gasteiger charge is 2.68. The molecule has 0 heterocycles. The zero-order valence-corrected chi connectivity index (χ0v) is 15.9. The molecule has 1 unspecified atom stereocenters. The highest BCUT2D eigenvalue weighted by atomic mass is 16.5. The van der Waals surface area contributed by atoms with Crippen molar-refractivity contribution in [3.63, 3.8) is 0 Å². The Morgan fingerprint density at radius 2 is 1.75 bits per heavy atom. The summed E-state index contributed by atoms with van der Waals surface area (Å²) in [5, 5.41) is 10.7. The summed E-state index contributed by atoms with van der Waals surface area (Å²) < 4.78 is 5.24. The molecular formula is C21H34O3. The normalized spacial score (nSPS) is 56.3. The Morgan fingerprint density at radius 3 is 2.46 bits per heavy atom. The van der Waals surface area contributed by atoms with Crippen LogP contribution in [0.25, 0.3) is 0 Å². The summed E-state index contributed by atoms with van der Waals surface area (Å²) in [4.78, 5) is 12.6. The molecule has 136 valence electrons. The molecule has 0 aromatic heterocycles. The van der Waals surface area contributed by atoms with Crippen LogP contribution in [0.3, 0.4) is 0 Å². The van der Waals surface area contributed by atoms with E-state index in [4.69, 9.17) is 4.74 Å². The van der Waals surface area contributed by atoms with Crippen molar-refractivity contribution in [3.05, 3.63) is 0 Å². The summed E-state index contributed by atoms with van der Waals surface area (Å²) in [7, 11) is 1.54. The summed E-state index contributed by atoms with van der Waals surface area (Å²) in [5.74, 6) is 1.10. The number of carbonyl (C=O) groups excluding carboxylic acids is 1. The van der Waals surface area contributed by atoms with Crippen LogP contribution in [0, 0.1) is 33.5 Å². The van der Waals surface area contributed by atoms with E-state index in [0.29, 0.717) is 17.3 Å². The number of ether oxygens (including phenoxy) is 1. The third-order valence-electron chi connectivity index (χ3n) is 9.26. The average molecular weight is 335 g/mol. The number of hydrogen-bond acceptors (Lipinski definition) is 3. The minimum Gasteiger partial charge on any atom is -0.469 e. The largest absolute Gasteiger partial charge is 0.469 e. The van der Waals surface area contributed by atoms with Crippen LogP contribution < -0.4 is 0 Å². The average Bonchev–Trinajstić information content (AvgIpc) is 2.70. The van der Waals surface area contributed by atoms with Gasteiger partial charge in [0, 0.05) is 0 Å². The van der Waals surface area contributed by atoms with E-state index < -0.39 is 0 Å². The van der Waals surface area contributed by atoms with Crippen molar-refractivity contribution in [2.75, 3.05) is 7.11 Å². The molecule has 0 radical (unpaired) electrons. The van der Waals surface area contributed by atoms with Gasteiger partial charge in [0.1, 0.15) is 0 Å². The van der Waals surface area contributed by atoms with Crippen molar-refractivity contribution in [2.24, 2.45) is 33.5 Å². The Labute approximate surface area is 146 Å². The van der Waals surface area contributed by atoms with Crippen LogP contribution in [0.1, 0.15) is 78.6 Å². The number of aliphatic hydroxyl groups is 1. The van der Waals surface area contributed by atoms with Crippen LogP contribution in [0.15, 0.2) is 0 Å². The van der Waals surface area contributed by atoms with Gasteiger partial charge in [-0.2, -0.15) is 0 Å². The second-order valence-electron chi connectivity index (χ2n) is 10.4. The molecule has 0 saturated heterocycles. The summed E-state index contributed by atoms with van der Waals surface area (Å²) in [6, 6.07) is 0. The third-order valence-corrected chi connectivity index (χ3v) is 9.26. The van der Waals surface area contributed by atoms with Crippen LogP contribution in [0.5, 0.6) is 0 Å². The van der Waals surface area contributed by atoms with Crippen molar-refractivity contribution in [1.29, 1.82) is 0 Å². The Bertz CT molecular complexity index is 559. The topological polar surface area (TPSA) is 46.5 Å². The molecule has 4 aliphatic carbocycles. The fourth-order valence-corrected chi connectivity index (χ4v) is 8.21. The van der Waals surface area contributed by atoms with Crippen molar-refractivity contribution in [2.45, 2.75) is 84.7 Å². The first kappa shape index (κ1) is 16.9. The molecule has 1 spiro atoms. The van der Waals surface area contributed by atoms with E-state index in [1.165, 1.54) is 25.7 Å². The van der Waals surface area contributed by atoms with E-state index in [-0.39, 0.29) is 28.3 Å². The van der Waals surface area contributed by atoms with Crippen molar-refractivity contribution >= 4 is 5.97 Å². The standard InChI is InChI=1S/C21H34O3/c1-18-10-6-15-19(2)8-5-9-20(3,17(23)24-4)14(19)7-11-21(15,13-18)12-16(18)22/h14-16,22H,5-13H2,1-4H3/t14-,15?,16+,18+,19+,20+,21+/m1/s1. The summed E-state index contributed by atoms with van der Waals surface area (Å²) in [6.45, 7) is 6.93. The Morgan fingerprint density at radius 1 is 1.04 bits per heavy atom. The highest BCUT2D eigenvalue weighted by Crippen LogP contribution is 2.73. The van der Waals surface area contributed by atoms with Crippen molar-refractivity contribution in [1.82, 2.24) is 0 Å². The van der Waals surface area contributed by atoms with Gasteiger partial charge in [-0.15, -0.1) is 0 Å². The zero-order valence-electron chi connectivity index (χ0n) is 15.9. The van der Waals surface area contributed by atoms with E-state index >= 15 is 0 Å². The molecule has 4 fully saturated rings. The monoisotopic (exact) mass is 334 g/mol. The van der Waals surface area contributed by atoms with Crippen molar-refractivity contribution in [3.8, 4) is 0 Å². The van der Waals surface area contributed by atoms with Crippen LogP contribution in [0.4, 0.5) is 0 Å². The first-order chi connectivity index (χ1) is 11.2. The lowest BCUT2D eigenvalue weighted by atomic mass is 9.40. The lowest BCUT2D eigenvalue weighted by Crippen LogP contribution is -2.58. The summed E-state index contributed by atoms with van der Waals surface area (Å²) in [6.07, 6.45) is 10.1. The maximum Gasteiger partial charge on any atom is 0.311 e. The predicted octanol–water partition coefficient (Wildman–Crippen LogP) is 4.32. The fraction of sp³-hybridized carbons (Fsp3) is 0.952. The van der Waals surface area contributed by atoms with Gasteiger partial charge in [0.05, 0.1) is 18.6 Å². The van der Waals surface area contributed by atoms with Crippen LogP contribution >= 0.6 is 0 Å². The number of fused-ring (bicyclic) bond motifs is 3. The molecule has 24 heavy (non-hydrogen) atoms. The molecule has 0 aromatic carbocycles. The van der Waals surface area contributed by atoms with Gasteiger partial charge in [-0.1, -0.05) is 20.3 Å². The third kappa shape index (κ3) is 1.91. The Hall–Kier alpha value is -0.570. The minimum atomic E-state index is -0.318. The maximum absolute atomic E-state index is 12.6. The molecular weight excluding hydrogens is 300 g/mol. The lowest BCUT2D eigenvalue weighted by Gasteiger charge is -2.64. The predicted molar refractivity (Wildman–Crippen MR) is 93.3 cm³/mol. The molecule has 0 amide bonds. The van der Waals surface area contributed by atoms with Gasteiger partial charge in [0.2, 0.25) is 0 Å². The second-order valence-corrected chi connectivity index (χ2v) is 10.4. The Kier molecular flexibility index (Phi) is 3.51. The van der Waals surface area contributed by atoms with E-state index in [1.807, 2.05) is 0 Å². The number of methoxy groups -OCH3 is 1. The molecule has 1 N–H and O–H groups in total. The molecule has 2 bridgehead atoms. The molecule has 0 aromatic rings. The smallest absolute Gasteiger partial charge is 0.311 e. The second kappa shape index (κ2) is 4.99. The van der Waals surface area contributed by atoms with Gasteiger partial charge >= 0.3 is 5.97 Å². The van der Waals surface area contributed by atoms with Gasteiger partial charge in [-0.05, 0) is 86.4 Å². The van der Waals surface area contributed by atoms with E-state index in [0.717, 1.165) is 32.1 Å². The van der Waals surface area contributed by atoms with Gasteiger partial charge in [-0.25, -0.2) is 0 Å². The molecule has 0 aliphatic heterocycles. The van der Waals surface area contributed by atoms with E-state index in [2.05, 4.69) is 20.8 Å². The first-order valence-electron chi connectivity index (χ1n) is 9.97. The first-order valence-corrected chi connectivity index (χ1v) is 9.97. The number of hydrogen-bond donors (Lipinski definition) is 1. The molecule has 4 rings (SSSR count). The number of esters is 1. The number of rotatable bonds is 1. The highest BCUT2D eigenvalue weighted by molar-refractivity contribution is 5.77. The minimum absolute atomic E-state index is 0.00137.